The molecule has 0 saturated heterocycles. The molecule has 0 aromatic rings. The summed E-state index contributed by atoms with van der Waals surface area (Å²) < 4.78 is 0. The number of rotatable bonds is 0. The van der Waals surface area contributed by atoms with Crippen LogP contribution in [0, 0.1) is 39.9 Å². The Morgan fingerprint density at radius 1 is 0.750 bits per heavy atom. The normalized spacial score (nSPS) is 63.9. The van der Waals surface area contributed by atoms with E-state index >= 15 is 0 Å². The van der Waals surface area contributed by atoms with Crippen LogP contribution in [0.4, 0.5) is 0 Å². The van der Waals surface area contributed by atoms with E-state index in [1.165, 1.54) is 6.42 Å². The molecular weight excluding hydrogens is 240 g/mol. The molecule has 0 aliphatic heterocycles. The summed E-state index contributed by atoms with van der Waals surface area (Å²) in [7, 11) is 0. The quantitative estimate of drug-likeness (QED) is 0.522. The maximum Gasteiger partial charge on any atom is -0.0209 e. The topological polar surface area (TPSA) is 0 Å². The van der Waals surface area contributed by atoms with E-state index in [4.69, 9.17) is 0 Å². The standard InChI is InChI=1S/C20H32/c1-18-9-4-6-16(18)15-7-12-20-13-14(20)5-3-10-19(20,2)17(15)8-11-18/h14-17H,3-13H2,1-2H3/t14-,15+,16+,17+,18+,19-,20+/m1/s1. The van der Waals surface area contributed by atoms with Crippen molar-refractivity contribution in [2.75, 3.05) is 0 Å². The molecule has 20 heavy (non-hydrogen) atoms. The Hall–Kier alpha value is 0. The summed E-state index contributed by atoms with van der Waals surface area (Å²) in [5.41, 5.74) is 2.35. The molecule has 0 heteroatoms. The molecule has 0 aromatic heterocycles. The third-order valence-corrected chi connectivity index (χ3v) is 9.58. The third-order valence-electron chi connectivity index (χ3n) is 9.58. The summed E-state index contributed by atoms with van der Waals surface area (Å²) in [6.07, 6.45) is 17.4. The minimum absolute atomic E-state index is 0.750. The lowest BCUT2D eigenvalue weighted by Gasteiger charge is -2.60. The van der Waals surface area contributed by atoms with Crippen molar-refractivity contribution < 1.29 is 0 Å². The first-order valence-corrected chi connectivity index (χ1v) is 9.59. The van der Waals surface area contributed by atoms with E-state index in [0.29, 0.717) is 0 Å². The van der Waals surface area contributed by atoms with Gasteiger partial charge in [-0.25, -0.2) is 0 Å². The first kappa shape index (κ1) is 12.5. The van der Waals surface area contributed by atoms with Gasteiger partial charge >= 0.3 is 0 Å². The van der Waals surface area contributed by atoms with E-state index < -0.39 is 0 Å². The molecule has 0 unspecified atom stereocenters. The van der Waals surface area contributed by atoms with E-state index in [2.05, 4.69) is 13.8 Å². The van der Waals surface area contributed by atoms with Gasteiger partial charge in [0.05, 0.1) is 0 Å². The molecule has 0 nitrogen and oxygen atoms in total. The van der Waals surface area contributed by atoms with Crippen LogP contribution in [0.5, 0.6) is 0 Å². The Bertz CT molecular complexity index is 439. The minimum Gasteiger partial charge on any atom is -0.0594 e. The van der Waals surface area contributed by atoms with Crippen LogP contribution in [0.2, 0.25) is 0 Å². The monoisotopic (exact) mass is 272 g/mol. The van der Waals surface area contributed by atoms with Crippen LogP contribution in [0.25, 0.3) is 0 Å². The second-order valence-electron chi connectivity index (χ2n) is 9.87. The van der Waals surface area contributed by atoms with Crippen LogP contribution in [0.1, 0.15) is 84.5 Å². The highest BCUT2D eigenvalue weighted by atomic mass is 14.8. The minimum atomic E-state index is 0.750. The van der Waals surface area contributed by atoms with Gasteiger partial charge in [0.15, 0.2) is 0 Å². The molecule has 0 N–H and O–H groups in total. The fourth-order valence-electron chi connectivity index (χ4n) is 8.47. The molecule has 5 aliphatic carbocycles. The molecule has 0 radical (unpaired) electrons. The highest BCUT2D eigenvalue weighted by molar-refractivity contribution is 5.20. The molecule has 0 bridgehead atoms. The van der Waals surface area contributed by atoms with Crippen molar-refractivity contribution >= 4 is 0 Å². The Morgan fingerprint density at radius 2 is 1.60 bits per heavy atom. The van der Waals surface area contributed by atoms with Crippen LogP contribution >= 0.6 is 0 Å². The van der Waals surface area contributed by atoms with Gasteiger partial charge in [-0.1, -0.05) is 26.7 Å². The lowest BCUT2D eigenvalue weighted by molar-refractivity contribution is -0.115. The average molecular weight is 272 g/mol. The Labute approximate surface area is 125 Å². The zero-order valence-electron chi connectivity index (χ0n) is 13.6. The summed E-state index contributed by atoms with van der Waals surface area (Å²) in [5, 5.41) is 0. The average Bonchev–Trinajstić information content (AvgIpc) is 3.01. The van der Waals surface area contributed by atoms with Crippen LogP contribution in [0.15, 0.2) is 0 Å². The second-order valence-corrected chi connectivity index (χ2v) is 9.87. The zero-order chi connectivity index (χ0) is 13.6. The maximum absolute atomic E-state index is 2.75. The smallest absolute Gasteiger partial charge is 0.0209 e. The number of fused-ring (bicyclic) bond motifs is 4. The first-order valence-electron chi connectivity index (χ1n) is 9.59. The predicted octanol–water partition coefficient (Wildman–Crippen LogP) is 5.81. The fraction of sp³-hybridized carbons (Fsp3) is 1.00. The van der Waals surface area contributed by atoms with Gasteiger partial charge in [-0.15, -0.1) is 0 Å². The van der Waals surface area contributed by atoms with E-state index in [-0.39, 0.29) is 0 Å². The van der Waals surface area contributed by atoms with Crippen LogP contribution < -0.4 is 0 Å². The lowest BCUT2D eigenvalue weighted by atomic mass is 9.44. The molecular formula is C20H32. The van der Waals surface area contributed by atoms with Crippen molar-refractivity contribution in [2.24, 2.45) is 39.9 Å². The summed E-state index contributed by atoms with van der Waals surface area (Å²) >= 11 is 0. The largest absolute Gasteiger partial charge is 0.0594 e. The Balaban J connectivity index is 1.52. The molecule has 0 amide bonds. The summed E-state index contributed by atoms with van der Waals surface area (Å²) in [6, 6.07) is 0. The van der Waals surface area contributed by atoms with E-state index in [9.17, 15) is 0 Å². The van der Waals surface area contributed by atoms with Gasteiger partial charge in [-0.05, 0) is 97.7 Å². The van der Waals surface area contributed by atoms with Crippen molar-refractivity contribution in [3.8, 4) is 0 Å². The second kappa shape index (κ2) is 3.66. The molecule has 5 saturated carbocycles. The van der Waals surface area contributed by atoms with Crippen LogP contribution in [0.3, 0.4) is 0 Å². The van der Waals surface area contributed by atoms with Gasteiger partial charge in [0.1, 0.15) is 0 Å². The molecule has 112 valence electrons. The summed E-state index contributed by atoms with van der Waals surface area (Å²) in [6.45, 7) is 5.40. The number of hydrogen-bond acceptors (Lipinski definition) is 0. The van der Waals surface area contributed by atoms with Gasteiger partial charge in [-0.3, -0.25) is 0 Å². The van der Waals surface area contributed by atoms with Crippen molar-refractivity contribution in [3.63, 3.8) is 0 Å². The first-order chi connectivity index (χ1) is 9.59. The van der Waals surface area contributed by atoms with Gasteiger partial charge in [0.25, 0.3) is 0 Å². The Morgan fingerprint density at radius 3 is 2.50 bits per heavy atom. The van der Waals surface area contributed by atoms with E-state index in [1.54, 1.807) is 64.2 Å². The van der Waals surface area contributed by atoms with Crippen LogP contribution in [-0.2, 0) is 0 Å². The zero-order valence-corrected chi connectivity index (χ0v) is 13.6. The molecule has 5 fully saturated rings. The highest BCUT2D eigenvalue weighted by Gasteiger charge is 2.71. The van der Waals surface area contributed by atoms with Crippen LogP contribution in [-0.4, -0.2) is 0 Å². The fourth-order valence-corrected chi connectivity index (χ4v) is 8.47. The van der Waals surface area contributed by atoms with Gasteiger partial charge < -0.3 is 0 Å². The summed E-state index contributed by atoms with van der Waals surface area (Å²) in [4.78, 5) is 0. The van der Waals surface area contributed by atoms with E-state index in [0.717, 1.165) is 39.9 Å². The van der Waals surface area contributed by atoms with Gasteiger partial charge in [0.2, 0.25) is 0 Å². The third kappa shape index (κ3) is 1.27. The van der Waals surface area contributed by atoms with Crippen molar-refractivity contribution in [1.82, 2.24) is 0 Å². The van der Waals surface area contributed by atoms with Gasteiger partial charge in [-0.2, -0.15) is 0 Å². The molecule has 7 atom stereocenters. The lowest BCUT2D eigenvalue weighted by Crippen LogP contribution is -2.53. The van der Waals surface area contributed by atoms with Crippen molar-refractivity contribution in [2.45, 2.75) is 84.5 Å². The summed E-state index contributed by atoms with van der Waals surface area (Å²) in [5.74, 6) is 4.48. The maximum atomic E-state index is 2.75. The van der Waals surface area contributed by atoms with Crippen molar-refractivity contribution in [3.05, 3.63) is 0 Å². The number of hydrogen-bond donors (Lipinski definition) is 0. The predicted molar refractivity (Wildman–Crippen MR) is 83.4 cm³/mol. The van der Waals surface area contributed by atoms with E-state index in [1.807, 2.05) is 0 Å². The molecule has 5 rings (SSSR count). The SMILES string of the molecule is C[C@@]12CCC[C@H]1[C@@H]1CC[C@]34C[C@H]3CCC[C@]4(C)[C@H]1CC2. The Kier molecular flexibility index (Phi) is 2.30. The van der Waals surface area contributed by atoms with Crippen molar-refractivity contribution in [1.29, 1.82) is 0 Å². The highest BCUT2D eigenvalue weighted by Crippen LogP contribution is 2.79. The molecule has 0 heterocycles. The van der Waals surface area contributed by atoms with Gasteiger partial charge in [0, 0.05) is 0 Å². The molecule has 1 spiro atoms. The molecule has 0 aromatic carbocycles. The molecule has 5 aliphatic rings.